The van der Waals surface area contributed by atoms with Crippen LogP contribution in [0.25, 0.3) is 0 Å². The molecule has 0 bridgehead atoms. The van der Waals surface area contributed by atoms with Crippen molar-refractivity contribution < 1.29 is 23.5 Å². The molecule has 0 radical (unpaired) electrons. The van der Waals surface area contributed by atoms with E-state index in [1.54, 1.807) is 35.0 Å². The smallest absolute Gasteiger partial charge is 0.410 e. The Morgan fingerprint density at radius 3 is 2.67 bits per heavy atom. The van der Waals surface area contributed by atoms with Crippen LogP contribution < -0.4 is 4.74 Å². The van der Waals surface area contributed by atoms with Gasteiger partial charge < -0.3 is 19.3 Å². The van der Waals surface area contributed by atoms with Gasteiger partial charge in [0.05, 0.1) is 12.5 Å². The van der Waals surface area contributed by atoms with Crippen LogP contribution in [-0.2, 0) is 9.53 Å². The molecule has 0 saturated carbocycles. The Morgan fingerprint density at radius 1 is 1.30 bits per heavy atom. The molecule has 0 aromatic heterocycles. The van der Waals surface area contributed by atoms with Crippen molar-refractivity contribution in [1.82, 2.24) is 9.80 Å². The predicted octanol–water partition coefficient (Wildman–Crippen LogP) is 3.31. The van der Waals surface area contributed by atoms with Crippen molar-refractivity contribution in [1.29, 1.82) is 0 Å². The van der Waals surface area contributed by atoms with Crippen LogP contribution in [0.15, 0.2) is 24.3 Å². The molecule has 2 rings (SSSR count). The second-order valence-electron chi connectivity index (χ2n) is 7.80. The number of carbonyl (C=O) groups is 2. The molecule has 0 N–H and O–H groups in total. The second kappa shape index (κ2) is 9.06. The van der Waals surface area contributed by atoms with E-state index in [0.29, 0.717) is 19.6 Å². The van der Waals surface area contributed by atoms with Crippen LogP contribution in [0.5, 0.6) is 5.75 Å². The second-order valence-corrected chi connectivity index (χ2v) is 7.80. The molecule has 1 aliphatic heterocycles. The summed E-state index contributed by atoms with van der Waals surface area (Å²) < 4.78 is 24.3. The fraction of sp³-hybridized carbons (Fsp3) is 0.600. The highest BCUT2D eigenvalue weighted by atomic mass is 19.1. The SMILES string of the molecule is CN(CCOc1ccccc1F)C(=O)C1CCCN(C(=O)OC(C)(C)C)C1. The number of carbonyl (C=O) groups excluding carboxylic acids is 2. The summed E-state index contributed by atoms with van der Waals surface area (Å²) in [6, 6.07) is 6.17. The molecule has 1 heterocycles. The van der Waals surface area contributed by atoms with Gasteiger partial charge in [-0.05, 0) is 45.7 Å². The van der Waals surface area contributed by atoms with E-state index < -0.39 is 11.4 Å². The Balaban J connectivity index is 1.83. The Morgan fingerprint density at radius 2 is 2.00 bits per heavy atom. The average Bonchev–Trinajstić information content (AvgIpc) is 2.61. The number of benzene rings is 1. The zero-order valence-electron chi connectivity index (χ0n) is 16.5. The molecule has 7 heteroatoms. The minimum atomic E-state index is -0.561. The third-order valence-corrected chi connectivity index (χ3v) is 4.32. The number of hydrogen-bond acceptors (Lipinski definition) is 4. The van der Waals surface area contributed by atoms with Crippen molar-refractivity contribution in [3.05, 3.63) is 30.1 Å². The number of para-hydroxylation sites is 1. The van der Waals surface area contributed by atoms with Crippen LogP contribution in [0.4, 0.5) is 9.18 Å². The molecule has 1 saturated heterocycles. The zero-order chi connectivity index (χ0) is 20.0. The lowest BCUT2D eigenvalue weighted by atomic mass is 9.97. The number of rotatable bonds is 5. The monoisotopic (exact) mass is 380 g/mol. The van der Waals surface area contributed by atoms with Crippen molar-refractivity contribution in [2.45, 2.75) is 39.2 Å². The summed E-state index contributed by atoms with van der Waals surface area (Å²) in [7, 11) is 1.69. The maximum atomic E-state index is 13.5. The summed E-state index contributed by atoms with van der Waals surface area (Å²) >= 11 is 0. The summed E-state index contributed by atoms with van der Waals surface area (Å²) in [5.74, 6) is -0.552. The highest BCUT2D eigenvalue weighted by molar-refractivity contribution is 5.80. The van der Waals surface area contributed by atoms with Gasteiger partial charge in [0.2, 0.25) is 5.91 Å². The van der Waals surface area contributed by atoms with Crippen LogP contribution in [0.3, 0.4) is 0 Å². The minimum Gasteiger partial charge on any atom is -0.489 e. The van der Waals surface area contributed by atoms with Gasteiger partial charge in [0.1, 0.15) is 12.2 Å². The maximum Gasteiger partial charge on any atom is 0.410 e. The molecule has 1 aromatic carbocycles. The first-order chi connectivity index (χ1) is 12.7. The Kier molecular flexibility index (Phi) is 7.05. The standard InChI is InChI=1S/C20H29FN2O4/c1-20(2,3)27-19(25)23-11-7-8-15(14-23)18(24)22(4)12-13-26-17-10-6-5-9-16(17)21/h5-6,9-10,15H,7-8,11-14H2,1-4H3. The lowest BCUT2D eigenvalue weighted by Crippen LogP contribution is -2.47. The quantitative estimate of drug-likeness (QED) is 0.786. The van der Waals surface area contributed by atoms with Crippen molar-refractivity contribution in [3.8, 4) is 5.75 Å². The number of ether oxygens (including phenoxy) is 2. The van der Waals surface area contributed by atoms with Gasteiger partial charge >= 0.3 is 6.09 Å². The molecule has 1 fully saturated rings. The van der Waals surface area contributed by atoms with E-state index in [-0.39, 0.29) is 30.3 Å². The van der Waals surface area contributed by atoms with Gasteiger partial charge in [0, 0.05) is 20.1 Å². The van der Waals surface area contributed by atoms with Gasteiger partial charge in [-0.3, -0.25) is 4.79 Å². The molecule has 0 spiro atoms. The summed E-state index contributed by atoms with van der Waals surface area (Å²) in [6.45, 7) is 6.95. The number of likely N-dealkylation sites (N-methyl/N-ethyl adjacent to an activating group) is 1. The topological polar surface area (TPSA) is 59.1 Å². The summed E-state index contributed by atoms with van der Waals surface area (Å²) in [6.07, 6.45) is 1.11. The van der Waals surface area contributed by atoms with Gasteiger partial charge in [-0.1, -0.05) is 12.1 Å². The van der Waals surface area contributed by atoms with Crippen LogP contribution in [-0.4, -0.2) is 60.7 Å². The molecule has 0 aliphatic carbocycles. The van der Waals surface area contributed by atoms with Gasteiger partial charge in [0.15, 0.2) is 11.6 Å². The van der Waals surface area contributed by atoms with Gasteiger partial charge in [-0.2, -0.15) is 0 Å². The van der Waals surface area contributed by atoms with Crippen molar-refractivity contribution >= 4 is 12.0 Å². The first-order valence-corrected chi connectivity index (χ1v) is 9.27. The molecule has 1 unspecified atom stereocenters. The van der Waals surface area contributed by atoms with E-state index in [4.69, 9.17) is 9.47 Å². The molecule has 27 heavy (non-hydrogen) atoms. The fourth-order valence-electron chi connectivity index (χ4n) is 2.95. The van der Waals surface area contributed by atoms with E-state index >= 15 is 0 Å². The highest BCUT2D eigenvalue weighted by Crippen LogP contribution is 2.21. The van der Waals surface area contributed by atoms with Crippen LogP contribution >= 0.6 is 0 Å². The van der Waals surface area contributed by atoms with E-state index in [1.165, 1.54) is 6.07 Å². The normalized spacial score (nSPS) is 17.4. The number of nitrogens with zero attached hydrogens (tertiary/aromatic N) is 2. The molecular formula is C20H29FN2O4. The Labute approximate surface area is 160 Å². The summed E-state index contributed by atoms with van der Waals surface area (Å²) in [5, 5.41) is 0. The molecule has 1 aromatic rings. The number of hydrogen-bond donors (Lipinski definition) is 0. The molecule has 2 amide bonds. The third-order valence-electron chi connectivity index (χ3n) is 4.32. The molecule has 150 valence electrons. The number of likely N-dealkylation sites (tertiary alicyclic amines) is 1. The van der Waals surface area contributed by atoms with Crippen molar-refractivity contribution in [2.75, 3.05) is 33.3 Å². The van der Waals surface area contributed by atoms with E-state index in [0.717, 1.165) is 12.8 Å². The number of piperidine rings is 1. The van der Waals surface area contributed by atoms with Crippen LogP contribution in [0.1, 0.15) is 33.6 Å². The van der Waals surface area contributed by atoms with E-state index in [1.807, 2.05) is 20.8 Å². The first-order valence-electron chi connectivity index (χ1n) is 9.27. The minimum absolute atomic E-state index is 0.0413. The van der Waals surface area contributed by atoms with Gasteiger partial charge in [-0.15, -0.1) is 0 Å². The highest BCUT2D eigenvalue weighted by Gasteiger charge is 2.32. The maximum absolute atomic E-state index is 13.5. The Hall–Kier alpha value is -2.31. The summed E-state index contributed by atoms with van der Waals surface area (Å²) in [5.41, 5.74) is -0.561. The van der Waals surface area contributed by atoms with Gasteiger partial charge in [-0.25, -0.2) is 9.18 Å². The van der Waals surface area contributed by atoms with E-state index in [9.17, 15) is 14.0 Å². The summed E-state index contributed by atoms with van der Waals surface area (Å²) in [4.78, 5) is 28.1. The lowest BCUT2D eigenvalue weighted by molar-refractivity contribution is -0.136. The average molecular weight is 380 g/mol. The largest absolute Gasteiger partial charge is 0.489 e. The molecular weight excluding hydrogens is 351 g/mol. The first kappa shape index (κ1) is 21.0. The lowest BCUT2D eigenvalue weighted by Gasteiger charge is -2.35. The van der Waals surface area contributed by atoms with E-state index in [2.05, 4.69) is 0 Å². The predicted molar refractivity (Wildman–Crippen MR) is 100 cm³/mol. The van der Waals surface area contributed by atoms with Crippen LogP contribution in [0, 0.1) is 11.7 Å². The molecule has 1 atom stereocenters. The molecule has 6 nitrogen and oxygen atoms in total. The van der Waals surface area contributed by atoms with Crippen molar-refractivity contribution in [3.63, 3.8) is 0 Å². The van der Waals surface area contributed by atoms with Crippen LogP contribution in [0.2, 0.25) is 0 Å². The van der Waals surface area contributed by atoms with Gasteiger partial charge in [0.25, 0.3) is 0 Å². The molecule has 1 aliphatic rings. The third kappa shape index (κ3) is 6.41. The fourth-order valence-corrected chi connectivity index (χ4v) is 2.95. The Bertz CT molecular complexity index is 660. The number of amides is 2. The number of halogens is 1. The zero-order valence-corrected chi connectivity index (χ0v) is 16.5. The van der Waals surface area contributed by atoms with Crippen molar-refractivity contribution in [2.24, 2.45) is 5.92 Å².